The zero-order valence-corrected chi connectivity index (χ0v) is 16.7. The minimum absolute atomic E-state index is 0.0231. The average Bonchev–Trinajstić information content (AvgIpc) is 3.00. The Balaban J connectivity index is 2.10. The van der Waals surface area contributed by atoms with Crippen molar-refractivity contribution in [2.75, 3.05) is 12.4 Å². The number of sulfonamides is 1. The molecule has 9 heteroatoms. The molecule has 1 amide bonds. The Kier molecular flexibility index (Phi) is 6.07. The maximum Gasteiger partial charge on any atom is 0.355 e. The summed E-state index contributed by atoms with van der Waals surface area (Å²) < 4.78 is 32.4. The molecule has 27 heavy (non-hydrogen) atoms. The van der Waals surface area contributed by atoms with Crippen LogP contribution in [0.5, 0.6) is 0 Å². The molecular weight excluding hydrogens is 370 g/mol. The number of rotatable bonds is 6. The third-order valence-corrected chi connectivity index (χ3v) is 5.44. The first-order chi connectivity index (χ1) is 12.5. The molecule has 0 aliphatic heterocycles. The lowest BCUT2D eigenvalue weighted by molar-refractivity contribution is -0.123. The molecule has 1 aromatic carbocycles. The second kappa shape index (κ2) is 7.93. The first kappa shape index (κ1) is 20.7. The topological polar surface area (TPSA) is 106 Å². The average molecular weight is 393 g/mol. The molecule has 0 radical (unpaired) electrons. The van der Waals surface area contributed by atoms with Crippen LogP contribution in [-0.4, -0.2) is 38.0 Å². The van der Waals surface area contributed by atoms with Gasteiger partial charge in [-0.2, -0.15) is 0 Å². The van der Waals surface area contributed by atoms with Crippen molar-refractivity contribution in [1.82, 2.24) is 9.29 Å². The summed E-state index contributed by atoms with van der Waals surface area (Å²) >= 11 is 0. The van der Waals surface area contributed by atoms with Crippen LogP contribution in [0.4, 0.5) is 5.69 Å². The molecule has 0 aliphatic carbocycles. The van der Waals surface area contributed by atoms with Crippen molar-refractivity contribution in [1.29, 1.82) is 0 Å². The number of hydrogen-bond acceptors (Lipinski definition) is 5. The van der Waals surface area contributed by atoms with Gasteiger partial charge in [0.05, 0.1) is 0 Å². The van der Waals surface area contributed by atoms with Crippen molar-refractivity contribution >= 4 is 27.6 Å². The van der Waals surface area contributed by atoms with E-state index < -0.39 is 28.0 Å². The third-order valence-electron chi connectivity index (χ3n) is 4.06. The van der Waals surface area contributed by atoms with Crippen molar-refractivity contribution in [3.8, 4) is 0 Å². The van der Waals surface area contributed by atoms with E-state index in [0.29, 0.717) is 5.69 Å². The van der Waals surface area contributed by atoms with Crippen LogP contribution in [0.2, 0.25) is 0 Å². The van der Waals surface area contributed by atoms with Crippen LogP contribution in [0.25, 0.3) is 0 Å². The molecule has 2 rings (SSSR count). The molecule has 146 valence electrons. The fourth-order valence-corrected chi connectivity index (χ4v) is 3.26. The monoisotopic (exact) mass is 393 g/mol. The van der Waals surface area contributed by atoms with Gasteiger partial charge in [-0.15, -0.1) is 0 Å². The molecule has 8 nitrogen and oxygen atoms in total. The second-order valence-electron chi connectivity index (χ2n) is 6.23. The molecule has 0 aliphatic rings. The van der Waals surface area contributed by atoms with E-state index >= 15 is 0 Å². The SMILES string of the molecule is CNS(=O)(=O)c1cc(C(=O)OC(C)C(=O)Nc2ccc(C)cc2C)n(C)c1. The lowest BCUT2D eigenvalue weighted by Crippen LogP contribution is -2.30. The van der Waals surface area contributed by atoms with E-state index in [4.69, 9.17) is 4.74 Å². The predicted octanol–water partition coefficient (Wildman–Crippen LogP) is 1.73. The van der Waals surface area contributed by atoms with Gasteiger partial charge < -0.3 is 14.6 Å². The number of carbonyl (C=O) groups excluding carboxylic acids is 2. The van der Waals surface area contributed by atoms with Crippen LogP contribution in [0.3, 0.4) is 0 Å². The standard InChI is InChI=1S/C18H23N3O5S/c1-11-6-7-15(12(2)8-11)20-17(22)13(3)26-18(23)16-9-14(10-21(16)5)27(24,25)19-4/h6-10,13,19H,1-5H3,(H,20,22). The Morgan fingerprint density at radius 2 is 1.85 bits per heavy atom. The highest BCUT2D eigenvalue weighted by molar-refractivity contribution is 7.89. The van der Waals surface area contributed by atoms with Crippen LogP contribution in [0, 0.1) is 13.8 Å². The van der Waals surface area contributed by atoms with Gasteiger partial charge >= 0.3 is 5.97 Å². The number of aromatic nitrogens is 1. The van der Waals surface area contributed by atoms with Gasteiger partial charge in [0.2, 0.25) is 10.0 Å². The summed E-state index contributed by atoms with van der Waals surface area (Å²) in [5, 5.41) is 2.72. The van der Waals surface area contributed by atoms with E-state index in [1.807, 2.05) is 26.0 Å². The molecule has 0 fully saturated rings. The summed E-state index contributed by atoms with van der Waals surface area (Å²) in [6, 6.07) is 6.78. The second-order valence-corrected chi connectivity index (χ2v) is 8.12. The molecule has 0 saturated carbocycles. The molecule has 1 heterocycles. The van der Waals surface area contributed by atoms with E-state index in [2.05, 4.69) is 10.0 Å². The summed E-state index contributed by atoms with van der Waals surface area (Å²) in [5.41, 5.74) is 2.62. The fourth-order valence-electron chi connectivity index (χ4n) is 2.46. The lowest BCUT2D eigenvalue weighted by Gasteiger charge is -2.15. The van der Waals surface area contributed by atoms with Crippen LogP contribution < -0.4 is 10.0 Å². The summed E-state index contributed by atoms with van der Waals surface area (Å²) in [5.74, 6) is -1.27. The van der Waals surface area contributed by atoms with Gasteiger partial charge in [-0.05, 0) is 45.5 Å². The van der Waals surface area contributed by atoms with Crippen molar-refractivity contribution < 1.29 is 22.7 Å². The number of carbonyl (C=O) groups is 2. The van der Waals surface area contributed by atoms with E-state index in [1.165, 1.54) is 37.8 Å². The number of anilines is 1. The van der Waals surface area contributed by atoms with Gasteiger partial charge in [-0.25, -0.2) is 17.9 Å². The van der Waals surface area contributed by atoms with Crippen molar-refractivity contribution in [3.05, 3.63) is 47.3 Å². The van der Waals surface area contributed by atoms with Gasteiger partial charge in [0, 0.05) is 18.9 Å². The van der Waals surface area contributed by atoms with Crippen LogP contribution in [0.1, 0.15) is 28.5 Å². The molecule has 1 unspecified atom stereocenters. The number of ether oxygens (including phenoxy) is 1. The number of amides is 1. The molecule has 1 aromatic heterocycles. The quantitative estimate of drug-likeness (QED) is 0.727. The Labute approximate surface area is 158 Å². The molecular formula is C18H23N3O5S. The summed E-state index contributed by atoms with van der Waals surface area (Å²) in [4.78, 5) is 24.6. The van der Waals surface area contributed by atoms with Gasteiger partial charge in [-0.3, -0.25) is 4.79 Å². The summed E-state index contributed by atoms with van der Waals surface area (Å²) in [7, 11) is -0.888. The Hall–Kier alpha value is -2.65. The van der Waals surface area contributed by atoms with Crippen molar-refractivity contribution in [3.63, 3.8) is 0 Å². The molecule has 2 N–H and O–H groups in total. The fraction of sp³-hybridized carbons (Fsp3) is 0.333. The van der Waals surface area contributed by atoms with Gasteiger partial charge in [0.15, 0.2) is 6.10 Å². The Morgan fingerprint density at radius 1 is 1.19 bits per heavy atom. The van der Waals surface area contributed by atoms with Gasteiger partial charge in [-0.1, -0.05) is 17.7 Å². The number of hydrogen-bond donors (Lipinski definition) is 2. The number of benzene rings is 1. The Bertz CT molecular complexity index is 979. The van der Waals surface area contributed by atoms with E-state index in [-0.39, 0.29) is 10.6 Å². The first-order valence-electron chi connectivity index (χ1n) is 8.24. The normalized spacial score (nSPS) is 12.5. The van der Waals surface area contributed by atoms with Crippen LogP contribution in [-0.2, 0) is 26.6 Å². The van der Waals surface area contributed by atoms with E-state index in [0.717, 1.165) is 11.1 Å². The van der Waals surface area contributed by atoms with Crippen LogP contribution >= 0.6 is 0 Å². The van der Waals surface area contributed by atoms with Crippen molar-refractivity contribution in [2.45, 2.75) is 31.8 Å². The molecule has 0 saturated heterocycles. The highest BCUT2D eigenvalue weighted by Gasteiger charge is 2.24. The maximum absolute atomic E-state index is 12.3. The maximum atomic E-state index is 12.3. The third kappa shape index (κ3) is 4.75. The molecule has 1 atom stereocenters. The van der Waals surface area contributed by atoms with E-state index in [9.17, 15) is 18.0 Å². The number of nitrogens with one attached hydrogen (secondary N) is 2. The zero-order valence-electron chi connectivity index (χ0n) is 15.9. The van der Waals surface area contributed by atoms with Gasteiger partial charge in [0.25, 0.3) is 5.91 Å². The predicted molar refractivity (Wildman–Crippen MR) is 101 cm³/mol. The van der Waals surface area contributed by atoms with Crippen molar-refractivity contribution in [2.24, 2.45) is 7.05 Å². The summed E-state index contributed by atoms with van der Waals surface area (Å²) in [6.45, 7) is 5.27. The zero-order chi connectivity index (χ0) is 20.4. The highest BCUT2D eigenvalue weighted by atomic mass is 32.2. The molecule has 0 spiro atoms. The molecule has 0 bridgehead atoms. The summed E-state index contributed by atoms with van der Waals surface area (Å²) in [6.07, 6.45) is 0.237. The molecule has 2 aromatic rings. The minimum atomic E-state index is -3.69. The highest BCUT2D eigenvalue weighted by Crippen LogP contribution is 2.18. The van der Waals surface area contributed by atoms with E-state index in [1.54, 1.807) is 6.07 Å². The van der Waals surface area contributed by atoms with Crippen LogP contribution in [0.15, 0.2) is 35.4 Å². The Morgan fingerprint density at radius 3 is 2.44 bits per heavy atom. The number of esters is 1. The first-order valence-corrected chi connectivity index (χ1v) is 9.72. The largest absolute Gasteiger partial charge is 0.448 e. The number of nitrogens with zero attached hydrogens (tertiary/aromatic N) is 1. The lowest BCUT2D eigenvalue weighted by atomic mass is 10.1. The number of aryl methyl sites for hydroxylation is 3. The smallest absolute Gasteiger partial charge is 0.355 e. The van der Waals surface area contributed by atoms with Gasteiger partial charge in [0.1, 0.15) is 10.6 Å². The minimum Gasteiger partial charge on any atom is -0.448 e.